The summed E-state index contributed by atoms with van der Waals surface area (Å²) in [6.45, 7) is 7.13. The number of carbonyl (C=O) groups is 2. The summed E-state index contributed by atoms with van der Waals surface area (Å²) >= 11 is 0. The Bertz CT molecular complexity index is 2150. The van der Waals surface area contributed by atoms with E-state index in [1.807, 2.05) is 66.7 Å². The lowest BCUT2D eigenvalue weighted by molar-refractivity contribution is -0.114. The van der Waals surface area contributed by atoms with Crippen LogP contribution in [0.1, 0.15) is 27.8 Å². The van der Waals surface area contributed by atoms with Gasteiger partial charge in [-0.05, 0) is 74.7 Å². The molecule has 6 aromatic rings. The number of amides is 1. The fourth-order valence-corrected chi connectivity index (χ4v) is 6.17. The fourth-order valence-electron chi connectivity index (χ4n) is 6.17. The molecule has 1 amide bonds. The third kappa shape index (κ3) is 6.55. The van der Waals surface area contributed by atoms with Crippen LogP contribution in [0.4, 0.5) is 5.69 Å². The molecular weight excluding hydrogens is 606 g/mol. The number of anilines is 1. The quantitative estimate of drug-likeness (QED) is 0.126. The molecule has 0 fully saturated rings. The maximum atomic E-state index is 11.8. The van der Waals surface area contributed by atoms with Crippen molar-refractivity contribution in [3.63, 3.8) is 0 Å². The molecule has 49 heavy (non-hydrogen) atoms. The van der Waals surface area contributed by atoms with E-state index in [0.29, 0.717) is 12.1 Å². The van der Waals surface area contributed by atoms with Gasteiger partial charge in [0.1, 0.15) is 11.5 Å². The van der Waals surface area contributed by atoms with Gasteiger partial charge in [0.2, 0.25) is 12.7 Å². The molecule has 5 heteroatoms. The summed E-state index contributed by atoms with van der Waals surface area (Å²) in [5.41, 5.74) is 7.46. The highest BCUT2D eigenvalue weighted by Crippen LogP contribution is 2.50. The van der Waals surface area contributed by atoms with Gasteiger partial charge >= 0.3 is 0 Å². The van der Waals surface area contributed by atoms with E-state index < -0.39 is 0 Å². The van der Waals surface area contributed by atoms with Crippen molar-refractivity contribution in [2.24, 2.45) is 0 Å². The summed E-state index contributed by atoms with van der Waals surface area (Å²) in [6, 6.07) is 36.6. The van der Waals surface area contributed by atoms with E-state index in [-0.39, 0.29) is 18.5 Å². The first-order valence-electron chi connectivity index (χ1n) is 16.0. The van der Waals surface area contributed by atoms with E-state index in [0.717, 1.165) is 72.0 Å². The lowest BCUT2D eigenvalue weighted by Gasteiger charge is -2.17. The van der Waals surface area contributed by atoms with Crippen molar-refractivity contribution in [2.75, 3.05) is 12.1 Å². The van der Waals surface area contributed by atoms with Gasteiger partial charge in [-0.1, -0.05) is 122 Å². The first-order chi connectivity index (χ1) is 24.0. The Kier molecular flexibility index (Phi) is 8.72. The predicted octanol–water partition coefficient (Wildman–Crippen LogP) is 10.2. The lowest BCUT2D eigenvalue weighted by atomic mass is 9.88. The van der Waals surface area contributed by atoms with Crippen molar-refractivity contribution in [1.82, 2.24) is 0 Å². The van der Waals surface area contributed by atoms with Crippen LogP contribution >= 0.6 is 0 Å². The second kappa shape index (κ2) is 13.7. The van der Waals surface area contributed by atoms with Crippen molar-refractivity contribution in [1.29, 1.82) is 0 Å². The highest BCUT2D eigenvalue weighted by atomic mass is 16.7. The SMILES string of the molecule is C=CC(=O)Cc1ccc(/C=C/c2cc3ccccc3c3c2OCOc2c(/C=C/c4ccc(NC(=O)C=C)cc4)cc4ccccc4c2-3)cc1. The van der Waals surface area contributed by atoms with Crippen LogP contribution in [-0.2, 0) is 16.0 Å². The van der Waals surface area contributed by atoms with Crippen LogP contribution in [-0.4, -0.2) is 18.5 Å². The largest absolute Gasteiger partial charge is 0.456 e. The Hall–Kier alpha value is -6.46. The number of fused-ring (bicyclic) bond motifs is 7. The maximum absolute atomic E-state index is 11.8. The standard InChI is InChI=1S/C44H33NO4/c1-3-37(46)25-31-15-13-29(14-16-31)17-21-34-26-32-9-5-7-11-38(32)41-42-39-12-8-6-10-33(39)27-35(44(42)49-28-48-43(34)41)22-18-30-19-23-36(24-20-30)45-40(47)4-2/h3-24,26-27H,1-2,25,28H2,(H,45,47)/b21-17+,22-18+. The molecule has 0 bridgehead atoms. The van der Waals surface area contributed by atoms with E-state index >= 15 is 0 Å². The number of ketones is 1. The van der Waals surface area contributed by atoms with Crippen molar-refractivity contribution in [3.05, 3.63) is 162 Å². The zero-order valence-electron chi connectivity index (χ0n) is 26.8. The van der Waals surface area contributed by atoms with Crippen LogP contribution in [0.5, 0.6) is 11.5 Å². The van der Waals surface area contributed by atoms with Crippen molar-refractivity contribution >= 4 is 63.2 Å². The summed E-state index contributed by atoms with van der Waals surface area (Å²) in [6.07, 6.45) is 11.2. The van der Waals surface area contributed by atoms with Crippen LogP contribution in [0.15, 0.2) is 135 Å². The van der Waals surface area contributed by atoms with Gasteiger partial charge in [-0.3, -0.25) is 9.59 Å². The number of carbonyl (C=O) groups excluding carboxylic acids is 2. The Morgan fingerprint density at radius 3 is 1.65 bits per heavy atom. The van der Waals surface area contributed by atoms with Gasteiger partial charge in [0.15, 0.2) is 5.78 Å². The zero-order chi connectivity index (χ0) is 33.7. The Balaban J connectivity index is 1.34. The molecule has 0 radical (unpaired) electrons. The van der Waals surface area contributed by atoms with Gasteiger partial charge in [-0.25, -0.2) is 0 Å². The molecule has 0 saturated heterocycles. The molecule has 0 aromatic heterocycles. The molecule has 0 saturated carbocycles. The van der Waals surface area contributed by atoms with E-state index in [9.17, 15) is 9.59 Å². The molecule has 0 aliphatic carbocycles. The highest BCUT2D eigenvalue weighted by Gasteiger charge is 2.26. The second-order valence-electron chi connectivity index (χ2n) is 11.8. The number of hydrogen-bond donors (Lipinski definition) is 1. The molecular formula is C44H33NO4. The lowest BCUT2D eigenvalue weighted by Crippen LogP contribution is -2.06. The molecule has 0 atom stereocenters. The third-order valence-electron chi connectivity index (χ3n) is 8.58. The molecule has 1 aliphatic rings. The highest BCUT2D eigenvalue weighted by molar-refractivity contribution is 6.12. The minimum Gasteiger partial charge on any atom is -0.456 e. The van der Waals surface area contributed by atoms with E-state index in [1.54, 1.807) is 0 Å². The van der Waals surface area contributed by atoms with Gasteiger partial charge in [0.05, 0.1) is 0 Å². The van der Waals surface area contributed by atoms with Gasteiger partial charge < -0.3 is 14.8 Å². The van der Waals surface area contributed by atoms with E-state index in [2.05, 4.69) is 85.2 Å². The molecule has 0 spiro atoms. The monoisotopic (exact) mass is 639 g/mol. The summed E-state index contributed by atoms with van der Waals surface area (Å²) < 4.78 is 12.9. The van der Waals surface area contributed by atoms with Gasteiger partial charge in [-0.2, -0.15) is 0 Å². The molecule has 1 N–H and O–H groups in total. The van der Waals surface area contributed by atoms with Crippen LogP contribution in [0.3, 0.4) is 0 Å². The van der Waals surface area contributed by atoms with Crippen molar-refractivity contribution in [2.45, 2.75) is 6.42 Å². The molecule has 1 heterocycles. The van der Waals surface area contributed by atoms with Crippen molar-refractivity contribution < 1.29 is 19.1 Å². The minimum absolute atomic E-state index is 0.00201. The van der Waals surface area contributed by atoms with Gasteiger partial charge in [0, 0.05) is 34.4 Å². The van der Waals surface area contributed by atoms with Crippen molar-refractivity contribution in [3.8, 4) is 22.6 Å². The van der Waals surface area contributed by atoms with Crippen LogP contribution in [0.2, 0.25) is 0 Å². The van der Waals surface area contributed by atoms with Gasteiger partial charge in [0.25, 0.3) is 0 Å². The van der Waals surface area contributed by atoms with E-state index in [1.165, 1.54) is 12.2 Å². The molecule has 7 rings (SSSR count). The smallest absolute Gasteiger partial charge is 0.247 e. The molecule has 5 nitrogen and oxygen atoms in total. The first-order valence-corrected chi connectivity index (χ1v) is 16.0. The Labute approximate surface area is 285 Å². The maximum Gasteiger partial charge on any atom is 0.247 e. The number of allylic oxidation sites excluding steroid dienone is 1. The summed E-state index contributed by atoms with van der Waals surface area (Å²) in [5, 5.41) is 7.09. The second-order valence-corrected chi connectivity index (χ2v) is 11.8. The number of nitrogens with one attached hydrogen (secondary N) is 1. The predicted molar refractivity (Wildman–Crippen MR) is 201 cm³/mol. The molecule has 6 aromatic carbocycles. The van der Waals surface area contributed by atoms with Gasteiger partial charge in [-0.15, -0.1) is 0 Å². The topological polar surface area (TPSA) is 64.6 Å². The Morgan fingerprint density at radius 1 is 0.633 bits per heavy atom. The third-order valence-corrected chi connectivity index (χ3v) is 8.58. The average Bonchev–Trinajstić information content (AvgIpc) is 3.35. The van der Waals surface area contributed by atoms with Crippen LogP contribution < -0.4 is 14.8 Å². The molecule has 0 unspecified atom stereocenters. The number of ether oxygens (including phenoxy) is 2. The number of rotatable bonds is 9. The Morgan fingerprint density at radius 2 is 1.14 bits per heavy atom. The number of benzene rings is 6. The minimum atomic E-state index is -0.250. The zero-order valence-corrected chi connectivity index (χ0v) is 26.8. The molecule has 1 aliphatic heterocycles. The van der Waals surface area contributed by atoms with E-state index in [4.69, 9.17) is 9.47 Å². The summed E-state index contributed by atoms with van der Waals surface area (Å²) in [4.78, 5) is 23.5. The normalized spacial score (nSPS) is 12.2. The summed E-state index contributed by atoms with van der Waals surface area (Å²) in [5.74, 6) is 1.25. The fraction of sp³-hybridized carbons (Fsp3) is 0.0455. The first kappa shape index (κ1) is 31.2. The van der Waals surface area contributed by atoms with Crippen LogP contribution in [0, 0.1) is 0 Å². The van der Waals surface area contributed by atoms with Crippen LogP contribution in [0.25, 0.3) is 57.0 Å². The summed E-state index contributed by atoms with van der Waals surface area (Å²) in [7, 11) is 0. The number of hydrogen-bond acceptors (Lipinski definition) is 4. The molecule has 238 valence electrons. The average molecular weight is 640 g/mol.